The van der Waals surface area contributed by atoms with E-state index in [1.165, 1.54) is 11.1 Å². The molecule has 1 aliphatic carbocycles. The van der Waals surface area contributed by atoms with Crippen LogP contribution in [0.4, 0.5) is 5.69 Å². The van der Waals surface area contributed by atoms with Gasteiger partial charge in [0.1, 0.15) is 12.2 Å². The molecule has 34 heavy (non-hydrogen) atoms. The van der Waals surface area contributed by atoms with Gasteiger partial charge in [0.2, 0.25) is 5.91 Å². The first kappa shape index (κ1) is 22.7. The fourth-order valence-corrected chi connectivity index (χ4v) is 6.11. The van der Waals surface area contributed by atoms with Crippen LogP contribution in [-0.2, 0) is 22.6 Å². The largest absolute Gasteiger partial charge is 0.481 e. The average molecular weight is 480 g/mol. The molecule has 0 radical (unpaired) electrons. The first-order chi connectivity index (χ1) is 16.4. The second kappa shape index (κ2) is 9.25. The number of hydrogen-bond donors (Lipinski definition) is 2. The number of thiophene rings is 1. The summed E-state index contributed by atoms with van der Waals surface area (Å²) < 4.78 is 2.80. The van der Waals surface area contributed by atoms with E-state index in [0.717, 1.165) is 28.7 Å². The zero-order chi connectivity index (χ0) is 23.8. The molecule has 178 valence electrons. The Labute approximate surface area is 202 Å². The van der Waals surface area contributed by atoms with Gasteiger partial charge >= 0.3 is 5.97 Å². The lowest BCUT2D eigenvalue weighted by Gasteiger charge is -2.30. The molecule has 5 rings (SSSR count). The maximum absolute atomic E-state index is 13.5. The van der Waals surface area contributed by atoms with Gasteiger partial charge in [-0.2, -0.15) is 0 Å². The van der Waals surface area contributed by atoms with E-state index in [2.05, 4.69) is 18.3 Å². The Hall–Kier alpha value is -3.13. The summed E-state index contributed by atoms with van der Waals surface area (Å²) >= 11 is 1.55. The lowest BCUT2D eigenvalue weighted by Crippen LogP contribution is -2.41. The van der Waals surface area contributed by atoms with Crippen LogP contribution < -0.4 is 10.2 Å². The van der Waals surface area contributed by atoms with Crippen LogP contribution in [0.2, 0.25) is 0 Å². The van der Waals surface area contributed by atoms with Crippen LogP contribution in [0.15, 0.2) is 35.7 Å². The molecule has 3 heterocycles. The Bertz CT molecular complexity index is 1250. The average Bonchev–Trinajstić information content (AvgIpc) is 3.41. The van der Waals surface area contributed by atoms with Crippen molar-refractivity contribution >= 4 is 45.0 Å². The Balaban J connectivity index is 1.35. The number of amides is 2. The summed E-state index contributed by atoms with van der Waals surface area (Å²) in [7, 11) is 0. The molecule has 8 heteroatoms. The zero-order valence-electron chi connectivity index (χ0n) is 19.3. The number of rotatable bonds is 5. The van der Waals surface area contributed by atoms with Crippen LogP contribution in [0.25, 0.3) is 10.2 Å². The molecule has 1 aromatic carbocycles. The second-order valence-electron chi connectivity index (χ2n) is 9.43. The summed E-state index contributed by atoms with van der Waals surface area (Å²) in [6, 6.07) is 9.99. The summed E-state index contributed by atoms with van der Waals surface area (Å²) in [5.74, 6) is -1.31. The molecule has 1 aliphatic heterocycles. The Morgan fingerprint density at radius 1 is 1.12 bits per heavy atom. The minimum absolute atomic E-state index is 0.0236. The van der Waals surface area contributed by atoms with Gasteiger partial charge in [0.15, 0.2) is 0 Å². The van der Waals surface area contributed by atoms with Crippen molar-refractivity contribution in [1.82, 2.24) is 9.88 Å². The molecule has 1 fully saturated rings. The van der Waals surface area contributed by atoms with Crippen LogP contribution in [0, 0.1) is 12.8 Å². The summed E-state index contributed by atoms with van der Waals surface area (Å²) in [5, 5.41) is 14.3. The maximum Gasteiger partial charge on any atom is 0.306 e. The van der Waals surface area contributed by atoms with Crippen LogP contribution in [0.3, 0.4) is 0 Å². The third-order valence-corrected chi connectivity index (χ3v) is 7.97. The molecule has 2 amide bonds. The molecule has 2 aromatic heterocycles. The molecule has 0 bridgehead atoms. The predicted molar refractivity (Wildman–Crippen MR) is 133 cm³/mol. The standard InChI is InChI=1S/C26H29N3O4S/c1-16-4-9-20-18(13-16)3-2-11-28(20)24(30)15-29-21-10-12-34-23(21)14-22(29)25(31)27-19-7-5-17(6-8-19)26(32)33/h4,9-10,12-14,17,19H,2-3,5-8,11,15H2,1H3,(H,27,31)(H,32,33). The van der Waals surface area contributed by atoms with Crippen molar-refractivity contribution in [3.05, 3.63) is 52.5 Å². The molecule has 0 atom stereocenters. The molecule has 0 unspecified atom stereocenters. The van der Waals surface area contributed by atoms with Crippen LogP contribution >= 0.6 is 11.3 Å². The number of anilines is 1. The highest BCUT2D eigenvalue weighted by atomic mass is 32.1. The minimum Gasteiger partial charge on any atom is -0.481 e. The number of nitrogens with one attached hydrogen (secondary N) is 1. The zero-order valence-corrected chi connectivity index (χ0v) is 20.1. The monoisotopic (exact) mass is 479 g/mol. The van der Waals surface area contributed by atoms with Crippen molar-refractivity contribution < 1.29 is 19.5 Å². The van der Waals surface area contributed by atoms with Crippen molar-refractivity contribution in [2.45, 2.75) is 58.0 Å². The normalized spacial score (nSPS) is 20.2. The van der Waals surface area contributed by atoms with Crippen LogP contribution in [-0.4, -0.2) is 40.0 Å². The number of carboxylic acid groups (broad SMARTS) is 1. The van der Waals surface area contributed by atoms with Crippen molar-refractivity contribution in [1.29, 1.82) is 0 Å². The number of aryl methyl sites for hydroxylation is 2. The number of carbonyl (C=O) groups is 3. The Morgan fingerprint density at radius 3 is 2.68 bits per heavy atom. The molecule has 0 spiro atoms. The second-order valence-corrected chi connectivity index (χ2v) is 10.4. The summed E-state index contributed by atoms with van der Waals surface area (Å²) in [6.07, 6.45) is 4.35. The lowest BCUT2D eigenvalue weighted by molar-refractivity contribution is -0.142. The van der Waals surface area contributed by atoms with Crippen LogP contribution in [0.1, 0.15) is 53.7 Å². The van der Waals surface area contributed by atoms with Gasteiger partial charge in [0.25, 0.3) is 5.91 Å². The molecular weight excluding hydrogens is 450 g/mol. The summed E-state index contributed by atoms with van der Waals surface area (Å²) in [5.41, 5.74) is 4.73. The van der Waals surface area contributed by atoms with Crippen molar-refractivity contribution in [3.63, 3.8) is 0 Å². The van der Waals surface area contributed by atoms with E-state index in [1.54, 1.807) is 11.3 Å². The smallest absolute Gasteiger partial charge is 0.306 e. The molecule has 3 aromatic rings. The quantitative estimate of drug-likeness (QED) is 0.569. The number of carboxylic acids is 1. The van der Waals surface area contributed by atoms with Crippen molar-refractivity contribution in [2.75, 3.05) is 11.4 Å². The van der Waals surface area contributed by atoms with Crippen LogP contribution in [0.5, 0.6) is 0 Å². The topological polar surface area (TPSA) is 91.6 Å². The minimum atomic E-state index is -0.758. The highest BCUT2D eigenvalue weighted by Gasteiger charge is 2.29. The summed E-state index contributed by atoms with van der Waals surface area (Å²) in [6.45, 7) is 2.84. The van der Waals surface area contributed by atoms with Crippen molar-refractivity contribution in [2.24, 2.45) is 5.92 Å². The highest BCUT2D eigenvalue weighted by Crippen LogP contribution is 2.30. The molecular formula is C26H29N3O4S. The van der Waals surface area contributed by atoms with Gasteiger partial charge in [-0.05, 0) is 74.6 Å². The molecule has 0 saturated heterocycles. The van der Waals surface area contributed by atoms with E-state index < -0.39 is 5.97 Å². The van der Waals surface area contributed by atoms with Gasteiger partial charge in [0, 0.05) is 18.3 Å². The van der Waals surface area contributed by atoms with E-state index in [0.29, 0.717) is 37.9 Å². The van der Waals surface area contributed by atoms with Gasteiger partial charge in [0.05, 0.1) is 16.1 Å². The Kier molecular flexibility index (Phi) is 6.16. The van der Waals surface area contributed by atoms with Gasteiger partial charge in [-0.1, -0.05) is 17.7 Å². The fraction of sp³-hybridized carbons (Fsp3) is 0.423. The first-order valence-electron chi connectivity index (χ1n) is 11.9. The van der Waals surface area contributed by atoms with Crippen molar-refractivity contribution in [3.8, 4) is 0 Å². The molecule has 2 aliphatic rings. The van der Waals surface area contributed by atoms with Gasteiger partial charge < -0.3 is 19.9 Å². The molecule has 2 N–H and O–H groups in total. The van der Waals surface area contributed by atoms with Gasteiger partial charge in [-0.3, -0.25) is 14.4 Å². The Morgan fingerprint density at radius 2 is 1.91 bits per heavy atom. The first-order valence-corrected chi connectivity index (χ1v) is 12.8. The van der Waals surface area contributed by atoms with Gasteiger partial charge in [-0.15, -0.1) is 11.3 Å². The third-order valence-electron chi connectivity index (χ3n) is 7.12. The van der Waals surface area contributed by atoms with Gasteiger partial charge in [-0.25, -0.2) is 0 Å². The summed E-state index contributed by atoms with van der Waals surface area (Å²) in [4.78, 5) is 39.8. The number of hydrogen-bond acceptors (Lipinski definition) is 4. The maximum atomic E-state index is 13.5. The van der Waals surface area contributed by atoms with E-state index in [1.807, 2.05) is 39.1 Å². The SMILES string of the molecule is Cc1ccc2c(c1)CCCN2C(=O)Cn1c(C(=O)NC2CCC(C(=O)O)CC2)cc2sccc21. The third kappa shape index (κ3) is 4.34. The number of carbonyl (C=O) groups excluding carboxylic acids is 2. The van der Waals surface area contributed by atoms with E-state index in [-0.39, 0.29) is 30.3 Å². The number of fused-ring (bicyclic) bond motifs is 2. The number of nitrogens with zero attached hydrogens (tertiary/aromatic N) is 2. The highest BCUT2D eigenvalue weighted by molar-refractivity contribution is 7.17. The number of aromatic nitrogens is 1. The molecule has 1 saturated carbocycles. The number of aliphatic carboxylic acids is 1. The lowest BCUT2D eigenvalue weighted by atomic mass is 9.86. The van der Waals surface area contributed by atoms with E-state index in [9.17, 15) is 19.5 Å². The predicted octanol–water partition coefficient (Wildman–Crippen LogP) is 4.36. The fourth-order valence-electron chi connectivity index (χ4n) is 5.29. The number of benzene rings is 1. The van der Waals surface area contributed by atoms with E-state index >= 15 is 0 Å². The van der Waals surface area contributed by atoms with E-state index in [4.69, 9.17) is 0 Å². The molecule has 7 nitrogen and oxygen atoms in total.